The van der Waals surface area contributed by atoms with Gasteiger partial charge in [-0.15, -0.1) is 11.3 Å². The summed E-state index contributed by atoms with van der Waals surface area (Å²) in [5.74, 6) is 1.20. The SMILES string of the molecule is Cc1csc(SCC(=O)N2CCC(n3nccc3NC(=O)C3CCOC3)CC2)n1. The molecular weight excluding hydrogens is 410 g/mol. The molecule has 1 atom stereocenters. The Bertz CT molecular complexity index is 854. The van der Waals surface area contributed by atoms with E-state index in [-0.39, 0.29) is 23.8 Å². The third-order valence-electron chi connectivity index (χ3n) is 5.30. The number of ether oxygens (including phenoxy) is 1. The number of hydrogen-bond acceptors (Lipinski definition) is 7. The number of piperidine rings is 1. The number of carbonyl (C=O) groups is 2. The van der Waals surface area contributed by atoms with Crippen LogP contribution in [0.25, 0.3) is 0 Å². The molecule has 2 aliphatic rings. The molecule has 4 heterocycles. The zero-order valence-corrected chi connectivity index (χ0v) is 18.0. The van der Waals surface area contributed by atoms with Gasteiger partial charge in [-0.1, -0.05) is 11.8 Å². The van der Waals surface area contributed by atoms with Crippen LogP contribution in [0.4, 0.5) is 5.82 Å². The molecule has 0 aliphatic carbocycles. The second-order valence-electron chi connectivity index (χ2n) is 7.37. The predicted molar refractivity (Wildman–Crippen MR) is 112 cm³/mol. The molecule has 8 nitrogen and oxygen atoms in total. The molecule has 2 aliphatic heterocycles. The van der Waals surface area contributed by atoms with Crippen molar-refractivity contribution in [1.82, 2.24) is 19.7 Å². The summed E-state index contributed by atoms with van der Waals surface area (Å²) in [7, 11) is 0. The van der Waals surface area contributed by atoms with Crippen LogP contribution in [0.2, 0.25) is 0 Å². The van der Waals surface area contributed by atoms with E-state index in [9.17, 15) is 9.59 Å². The smallest absolute Gasteiger partial charge is 0.233 e. The number of aryl methyl sites for hydroxylation is 1. The van der Waals surface area contributed by atoms with Gasteiger partial charge in [-0.25, -0.2) is 9.67 Å². The topological polar surface area (TPSA) is 89.4 Å². The van der Waals surface area contributed by atoms with Gasteiger partial charge in [-0.2, -0.15) is 5.10 Å². The quantitative estimate of drug-likeness (QED) is 0.702. The Morgan fingerprint density at radius 3 is 2.86 bits per heavy atom. The van der Waals surface area contributed by atoms with Crippen LogP contribution >= 0.6 is 23.1 Å². The van der Waals surface area contributed by atoms with Crippen LogP contribution in [0, 0.1) is 12.8 Å². The summed E-state index contributed by atoms with van der Waals surface area (Å²) in [5.41, 5.74) is 0.994. The Morgan fingerprint density at radius 2 is 2.17 bits per heavy atom. The lowest BCUT2D eigenvalue weighted by atomic mass is 10.1. The van der Waals surface area contributed by atoms with Crippen molar-refractivity contribution in [1.29, 1.82) is 0 Å². The molecule has 0 spiro atoms. The maximum atomic E-state index is 12.5. The molecule has 156 valence electrons. The third-order valence-corrected chi connectivity index (χ3v) is 7.43. The van der Waals surface area contributed by atoms with Gasteiger partial charge in [-0.3, -0.25) is 9.59 Å². The maximum Gasteiger partial charge on any atom is 0.233 e. The molecule has 10 heteroatoms. The van der Waals surface area contributed by atoms with E-state index in [2.05, 4.69) is 15.4 Å². The highest BCUT2D eigenvalue weighted by molar-refractivity contribution is 8.01. The first-order chi connectivity index (χ1) is 14.1. The predicted octanol–water partition coefficient (Wildman–Crippen LogP) is 2.58. The summed E-state index contributed by atoms with van der Waals surface area (Å²) in [6, 6.07) is 2.01. The Balaban J connectivity index is 1.28. The second kappa shape index (κ2) is 9.27. The number of likely N-dealkylation sites (tertiary alicyclic amines) is 1. The van der Waals surface area contributed by atoms with Crippen molar-refractivity contribution in [3.63, 3.8) is 0 Å². The molecule has 29 heavy (non-hydrogen) atoms. The van der Waals surface area contributed by atoms with E-state index < -0.39 is 0 Å². The maximum absolute atomic E-state index is 12.5. The zero-order chi connectivity index (χ0) is 20.2. The number of nitrogens with one attached hydrogen (secondary N) is 1. The van der Waals surface area contributed by atoms with Crippen LogP contribution in [-0.2, 0) is 14.3 Å². The van der Waals surface area contributed by atoms with Crippen LogP contribution < -0.4 is 5.32 Å². The van der Waals surface area contributed by atoms with Gasteiger partial charge in [0, 0.05) is 36.8 Å². The van der Waals surface area contributed by atoms with E-state index in [4.69, 9.17) is 4.74 Å². The number of amides is 2. The number of thiazole rings is 1. The fraction of sp³-hybridized carbons (Fsp3) is 0.579. The molecule has 0 saturated carbocycles. The fourth-order valence-electron chi connectivity index (χ4n) is 3.65. The molecule has 2 aromatic rings. The largest absolute Gasteiger partial charge is 0.381 e. The number of hydrogen-bond donors (Lipinski definition) is 1. The van der Waals surface area contributed by atoms with Gasteiger partial charge in [-0.05, 0) is 26.2 Å². The lowest BCUT2D eigenvalue weighted by Gasteiger charge is -2.32. The lowest BCUT2D eigenvalue weighted by Crippen LogP contribution is -2.40. The van der Waals surface area contributed by atoms with Gasteiger partial charge in [0.25, 0.3) is 0 Å². The minimum absolute atomic E-state index is 0.00804. The number of thioether (sulfide) groups is 1. The highest BCUT2D eigenvalue weighted by atomic mass is 32.2. The van der Waals surface area contributed by atoms with Crippen molar-refractivity contribution in [3.05, 3.63) is 23.3 Å². The van der Waals surface area contributed by atoms with Gasteiger partial charge >= 0.3 is 0 Å². The molecular formula is C19H25N5O3S2. The summed E-state index contributed by atoms with van der Waals surface area (Å²) in [6.45, 7) is 4.49. The Kier molecular flexibility index (Phi) is 6.51. The monoisotopic (exact) mass is 435 g/mol. The van der Waals surface area contributed by atoms with Crippen LogP contribution in [0.5, 0.6) is 0 Å². The first-order valence-corrected chi connectivity index (χ1v) is 11.7. The summed E-state index contributed by atoms with van der Waals surface area (Å²) >= 11 is 3.08. The van der Waals surface area contributed by atoms with Crippen molar-refractivity contribution < 1.29 is 14.3 Å². The molecule has 4 rings (SSSR count). The van der Waals surface area contributed by atoms with Crippen LogP contribution in [0.1, 0.15) is 31.0 Å². The number of anilines is 1. The van der Waals surface area contributed by atoms with E-state index in [1.54, 1.807) is 17.5 Å². The summed E-state index contributed by atoms with van der Waals surface area (Å²) in [5, 5.41) is 9.42. The molecule has 0 bridgehead atoms. The molecule has 0 aromatic carbocycles. The summed E-state index contributed by atoms with van der Waals surface area (Å²) < 4.78 is 8.13. The van der Waals surface area contributed by atoms with E-state index >= 15 is 0 Å². The van der Waals surface area contributed by atoms with Crippen molar-refractivity contribution in [3.8, 4) is 0 Å². The minimum atomic E-state index is -0.0862. The van der Waals surface area contributed by atoms with Crippen LogP contribution in [0.15, 0.2) is 22.0 Å². The van der Waals surface area contributed by atoms with Gasteiger partial charge in [0.2, 0.25) is 11.8 Å². The third kappa shape index (κ3) is 4.99. The highest BCUT2D eigenvalue weighted by Gasteiger charge is 2.28. The van der Waals surface area contributed by atoms with Crippen molar-refractivity contribution in [2.75, 3.05) is 37.4 Å². The van der Waals surface area contributed by atoms with Crippen LogP contribution in [0.3, 0.4) is 0 Å². The second-order valence-corrected chi connectivity index (χ2v) is 9.45. The van der Waals surface area contributed by atoms with Gasteiger partial charge < -0.3 is 15.0 Å². The standard InChI is InChI=1S/C19H25N5O3S2/c1-13-11-28-19(21-13)29-12-17(25)23-7-3-15(4-8-23)24-16(2-6-20-24)22-18(26)14-5-9-27-10-14/h2,6,11,14-15H,3-5,7-10,12H2,1H3,(H,22,26). The molecule has 2 amide bonds. The Labute approximate surface area is 178 Å². The Hall–Kier alpha value is -1.91. The number of carbonyl (C=O) groups excluding carboxylic acids is 2. The molecule has 2 aromatic heterocycles. The molecule has 1 N–H and O–H groups in total. The van der Waals surface area contributed by atoms with E-state index in [0.717, 1.165) is 35.1 Å². The Morgan fingerprint density at radius 1 is 1.34 bits per heavy atom. The van der Waals surface area contributed by atoms with Crippen LogP contribution in [-0.4, -0.2) is 63.5 Å². The van der Waals surface area contributed by atoms with Gasteiger partial charge in [0.1, 0.15) is 5.82 Å². The van der Waals surface area contributed by atoms with E-state index in [1.807, 2.05) is 28.0 Å². The zero-order valence-electron chi connectivity index (χ0n) is 16.4. The first kappa shape index (κ1) is 20.4. The van der Waals surface area contributed by atoms with E-state index in [0.29, 0.717) is 32.1 Å². The van der Waals surface area contributed by atoms with Gasteiger partial charge in [0.15, 0.2) is 4.34 Å². The number of aromatic nitrogens is 3. The van der Waals surface area contributed by atoms with Crippen molar-refractivity contribution in [2.45, 2.75) is 36.6 Å². The average molecular weight is 436 g/mol. The minimum Gasteiger partial charge on any atom is -0.381 e. The summed E-state index contributed by atoms with van der Waals surface area (Å²) in [4.78, 5) is 31.2. The molecule has 2 fully saturated rings. The van der Waals surface area contributed by atoms with E-state index in [1.165, 1.54) is 11.8 Å². The summed E-state index contributed by atoms with van der Waals surface area (Å²) in [6.07, 6.45) is 4.12. The van der Waals surface area contributed by atoms with Gasteiger partial charge in [0.05, 0.1) is 30.5 Å². The van der Waals surface area contributed by atoms with Crippen molar-refractivity contribution in [2.24, 2.45) is 5.92 Å². The molecule has 0 radical (unpaired) electrons. The first-order valence-electron chi connectivity index (χ1n) is 9.85. The normalized spacial score (nSPS) is 20.2. The lowest BCUT2D eigenvalue weighted by molar-refractivity contribution is -0.129. The number of nitrogens with zero attached hydrogens (tertiary/aromatic N) is 4. The number of rotatable bonds is 6. The molecule has 1 unspecified atom stereocenters. The van der Waals surface area contributed by atoms with Crippen molar-refractivity contribution >= 4 is 40.7 Å². The average Bonchev–Trinajstić information content (AvgIpc) is 3.48. The fourth-order valence-corrected chi connectivity index (χ4v) is 5.40. The highest BCUT2D eigenvalue weighted by Crippen LogP contribution is 2.28. The molecule has 2 saturated heterocycles.